The number of ether oxygens (including phenoxy) is 2. The van der Waals surface area contributed by atoms with Gasteiger partial charge in [0.05, 0.1) is 25.4 Å². The number of aliphatic hydroxyl groups excluding tert-OH is 5. The molecule has 1 fully saturated rings. The van der Waals surface area contributed by atoms with Crippen LogP contribution in [0.4, 0.5) is 0 Å². The Balaban J connectivity index is 2.04. The zero-order valence-corrected chi connectivity index (χ0v) is 52.9. The van der Waals surface area contributed by atoms with Crippen molar-refractivity contribution in [2.24, 2.45) is 0 Å². The van der Waals surface area contributed by atoms with E-state index in [0.29, 0.717) is 6.42 Å². The van der Waals surface area contributed by atoms with Crippen molar-refractivity contribution in [2.45, 2.75) is 397 Å². The molecule has 1 saturated heterocycles. The SMILES string of the molecule is CCCCCCC/C=C\C/C=C\CCCCCCCCCCCCCCCCCCCCCCCCCCCCCC(=O)NC(COC1OC(CO)C(O)C(O)C1O)C(O)/C=C/CCCCCCCCCCCCCCCCCC. The zero-order valence-electron chi connectivity index (χ0n) is 52.9. The van der Waals surface area contributed by atoms with E-state index in [1.165, 1.54) is 289 Å². The molecule has 1 amide bonds. The summed E-state index contributed by atoms with van der Waals surface area (Å²) >= 11 is 0. The minimum atomic E-state index is -1.57. The molecule has 9 heteroatoms. The predicted octanol–water partition coefficient (Wildman–Crippen LogP) is 19.0. The van der Waals surface area contributed by atoms with Gasteiger partial charge in [0.25, 0.3) is 0 Å². The summed E-state index contributed by atoms with van der Waals surface area (Å²) in [5, 5.41) is 54.7. The average molecular weight is 1130 g/mol. The normalized spacial score (nSPS) is 18.6. The summed E-state index contributed by atoms with van der Waals surface area (Å²) in [7, 11) is 0. The Kier molecular flexibility index (Phi) is 57.8. The molecular weight excluding hydrogens is 995 g/mol. The lowest BCUT2D eigenvalue weighted by Crippen LogP contribution is -2.60. The molecule has 7 unspecified atom stereocenters. The standard InChI is InChI=1S/C71H135NO8/c1-3-5-7-9-11-13-15-17-19-21-23-24-25-26-27-28-29-30-31-32-33-34-35-36-37-38-39-40-41-42-43-45-47-49-51-53-55-57-59-61-67(75)72-64(63-79-71-70(78)69(77)68(76)66(62-73)80-71)65(74)60-58-56-54-52-50-48-46-44-22-20-18-16-14-12-10-8-6-4-2/h15,17,21,23,58,60,64-66,68-71,73-74,76-78H,3-14,16,18-20,22,24-57,59,61-63H2,1-2H3,(H,72,75)/b17-15-,23-21-,60-58+. The molecule has 0 bridgehead atoms. The fourth-order valence-corrected chi connectivity index (χ4v) is 11.4. The number of unbranched alkanes of at least 4 members (excludes halogenated alkanes) is 48. The maximum Gasteiger partial charge on any atom is 0.220 e. The highest BCUT2D eigenvalue weighted by Crippen LogP contribution is 2.23. The van der Waals surface area contributed by atoms with Crippen LogP contribution in [0.2, 0.25) is 0 Å². The fourth-order valence-electron chi connectivity index (χ4n) is 11.4. The summed E-state index contributed by atoms with van der Waals surface area (Å²) in [4.78, 5) is 13.1. The summed E-state index contributed by atoms with van der Waals surface area (Å²) in [5.41, 5.74) is 0. The molecule has 1 rings (SSSR count). The largest absolute Gasteiger partial charge is 0.394 e. The van der Waals surface area contributed by atoms with Crippen molar-refractivity contribution >= 4 is 5.91 Å². The molecular formula is C71H135NO8. The Morgan fingerprint density at radius 3 is 1.07 bits per heavy atom. The molecule has 6 N–H and O–H groups in total. The second-order valence-corrected chi connectivity index (χ2v) is 24.7. The first-order valence-electron chi connectivity index (χ1n) is 35.2. The average Bonchev–Trinajstić information content (AvgIpc) is 3.46. The molecule has 1 aliphatic heterocycles. The molecule has 472 valence electrons. The highest BCUT2D eigenvalue weighted by molar-refractivity contribution is 5.76. The molecule has 7 atom stereocenters. The van der Waals surface area contributed by atoms with E-state index in [4.69, 9.17) is 9.47 Å². The highest BCUT2D eigenvalue weighted by Gasteiger charge is 2.44. The summed E-state index contributed by atoms with van der Waals surface area (Å²) in [6.07, 6.45) is 74.1. The molecule has 0 aliphatic carbocycles. The Bertz CT molecular complexity index is 1360. The van der Waals surface area contributed by atoms with E-state index in [1.54, 1.807) is 6.08 Å². The molecule has 9 nitrogen and oxygen atoms in total. The smallest absolute Gasteiger partial charge is 0.220 e. The van der Waals surface area contributed by atoms with Gasteiger partial charge in [0.1, 0.15) is 24.4 Å². The van der Waals surface area contributed by atoms with E-state index in [1.807, 2.05) is 6.08 Å². The highest BCUT2D eigenvalue weighted by atomic mass is 16.7. The fraction of sp³-hybridized carbons (Fsp3) is 0.901. The summed E-state index contributed by atoms with van der Waals surface area (Å²) in [5.74, 6) is -0.169. The number of rotatable bonds is 62. The van der Waals surface area contributed by atoms with Crippen LogP contribution in [0.25, 0.3) is 0 Å². The van der Waals surface area contributed by atoms with E-state index < -0.39 is 49.5 Å². The molecule has 0 spiro atoms. The number of aliphatic hydroxyl groups is 5. The van der Waals surface area contributed by atoms with Crippen LogP contribution in [0.15, 0.2) is 36.5 Å². The summed E-state index contributed by atoms with van der Waals surface area (Å²) < 4.78 is 11.3. The molecule has 0 radical (unpaired) electrons. The lowest BCUT2D eigenvalue weighted by molar-refractivity contribution is -0.302. The van der Waals surface area contributed by atoms with E-state index in [-0.39, 0.29) is 12.5 Å². The second-order valence-electron chi connectivity index (χ2n) is 24.7. The number of carbonyl (C=O) groups is 1. The Labute approximate surface area is 495 Å². The van der Waals surface area contributed by atoms with Gasteiger partial charge in [0.15, 0.2) is 6.29 Å². The molecule has 1 heterocycles. The number of carbonyl (C=O) groups excluding carboxylic acids is 1. The third kappa shape index (κ3) is 48.7. The van der Waals surface area contributed by atoms with Crippen molar-refractivity contribution in [3.63, 3.8) is 0 Å². The van der Waals surface area contributed by atoms with Gasteiger partial charge in [0, 0.05) is 6.42 Å². The molecule has 0 aromatic heterocycles. The second kappa shape index (κ2) is 60.5. The monoisotopic (exact) mass is 1130 g/mol. The Hall–Kier alpha value is -1.59. The van der Waals surface area contributed by atoms with Gasteiger partial charge in [0.2, 0.25) is 5.91 Å². The van der Waals surface area contributed by atoms with Gasteiger partial charge in [-0.1, -0.05) is 333 Å². The summed E-state index contributed by atoms with van der Waals surface area (Å²) in [6.45, 7) is 3.81. The number of amides is 1. The van der Waals surface area contributed by atoms with Crippen LogP contribution in [-0.4, -0.2) is 87.5 Å². The third-order valence-electron chi connectivity index (χ3n) is 17.0. The zero-order chi connectivity index (χ0) is 57.9. The van der Waals surface area contributed by atoms with Gasteiger partial charge in [-0.3, -0.25) is 4.79 Å². The quantitative estimate of drug-likeness (QED) is 0.0261. The van der Waals surface area contributed by atoms with Crippen molar-refractivity contribution < 1.29 is 39.8 Å². The lowest BCUT2D eigenvalue weighted by Gasteiger charge is -2.40. The van der Waals surface area contributed by atoms with Gasteiger partial charge >= 0.3 is 0 Å². The van der Waals surface area contributed by atoms with Gasteiger partial charge in [-0.2, -0.15) is 0 Å². The maximum absolute atomic E-state index is 13.1. The first-order valence-corrected chi connectivity index (χ1v) is 35.2. The lowest BCUT2D eigenvalue weighted by atomic mass is 9.99. The number of hydrogen-bond donors (Lipinski definition) is 6. The van der Waals surface area contributed by atoms with Crippen LogP contribution < -0.4 is 5.32 Å². The molecule has 80 heavy (non-hydrogen) atoms. The van der Waals surface area contributed by atoms with Crippen LogP contribution in [-0.2, 0) is 14.3 Å². The number of allylic oxidation sites excluding steroid dienone is 5. The van der Waals surface area contributed by atoms with Crippen molar-refractivity contribution in [1.82, 2.24) is 5.32 Å². The van der Waals surface area contributed by atoms with Crippen molar-refractivity contribution in [3.8, 4) is 0 Å². The minimum Gasteiger partial charge on any atom is -0.394 e. The molecule has 1 aliphatic rings. The topological polar surface area (TPSA) is 149 Å². The van der Waals surface area contributed by atoms with Crippen LogP contribution in [0.1, 0.15) is 354 Å². The Morgan fingerprint density at radius 2 is 0.738 bits per heavy atom. The molecule has 0 saturated carbocycles. The van der Waals surface area contributed by atoms with Crippen molar-refractivity contribution in [2.75, 3.05) is 13.2 Å². The van der Waals surface area contributed by atoms with E-state index >= 15 is 0 Å². The van der Waals surface area contributed by atoms with Crippen LogP contribution in [0.3, 0.4) is 0 Å². The van der Waals surface area contributed by atoms with Crippen LogP contribution in [0, 0.1) is 0 Å². The van der Waals surface area contributed by atoms with Gasteiger partial charge in [-0.25, -0.2) is 0 Å². The third-order valence-corrected chi connectivity index (χ3v) is 17.0. The van der Waals surface area contributed by atoms with Crippen LogP contribution >= 0.6 is 0 Å². The van der Waals surface area contributed by atoms with Crippen molar-refractivity contribution in [1.29, 1.82) is 0 Å². The maximum atomic E-state index is 13.1. The summed E-state index contributed by atoms with van der Waals surface area (Å²) in [6, 6.07) is -0.803. The number of nitrogens with one attached hydrogen (secondary N) is 1. The van der Waals surface area contributed by atoms with Crippen LogP contribution in [0.5, 0.6) is 0 Å². The van der Waals surface area contributed by atoms with Gasteiger partial charge in [-0.05, 0) is 51.4 Å². The van der Waals surface area contributed by atoms with Crippen molar-refractivity contribution in [3.05, 3.63) is 36.5 Å². The molecule has 0 aromatic rings. The number of hydrogen-bond acceptors (Lipinski definition) is 8. The van der Waals surface area contributed by atoms with E-state index in [9.17, 15) is 30.3 Å². The van der Waals surface area contributed by atoms with E-state index in [2.05, 4.69) is 43.5 Å². The predicted molar refractivity (Wildman–Crippen MR) is 341 cm³/mol. The first-order chi connectivity index (χ1) is 39.3. The van der Waals surface area contributed by atoms with Gasteiger partial charge in [-0.15, -0.1) is 0 Å². The Morgan fingerprint density at radius 1 is 0.425 bits per heavy atom. The first kappa shape index (κ1) is 76.4. The molecule has 0 aromatic carbocycles. The van der Waals surface area contributed by atoms with Gasteiger partial charge < -0.3 is 40.3 Å². The minimum absolute atomic E-state index is 0.169. The van der Waals surface area contributed by atoms with E-state index in [0.717, 1.165) is 44.9 Å².